The second-order valence-corrected chi connectivity index (χ2v) is 7.63. The Hall–Kier alpha value is -2.82. The molecule has 0 saturated carbocycles. The summed E-state index contributed by atoms with van der Waals surface area (Å²) in [5.41, 5.74) is 3.04. The first-order valence-corrected chi connectivity index (χ1v) is 10.8. The molecule has 0 aromatic heterocycles. The molecule has 162 valence electrons. The summed E-state index contributed by atoms with van der Waals surface area (Å²) in [5.74, 6) is 0.391. The first-order chi connectivity index (χ1) is 14.5. The molecule has 0 bridgehead atoms. The van der Waals surface area contributed by atoms with Crippen LogP contribution >= 0.6 is 0 Å². The minimum Gasteiger partial charge on any atom is -0.483 e. The molecule has 2 rings (SSSR count). The summed E-state index contributed by atoms with van der Waals surface area (Å²) in [6, 6.07) is 15.1. The number of benzene rings is 2. The predicted molar refractivity (Wildman–Crippen MR) is 120 cm³/mol. The lowest BCUT2D eigenvalue weighted by atomic mass is 10.1. The molecular formula is C25H34N2O3. The standard InChI is InChI=1S/C25H34N2O3/c1-5-7-15-26-25(29)22(6-2)27(17-21-11-9-8-10-12-21)24(28)18-30-23-16-19(3)13-14-20(23)4/h8-14,16,22H,5-7,15,17-18H2,1-4H3,(H,26,29)/t22-/m0/s1. The Bertz CT molecular complexity index is 820. The number of carbonyl (C=O) groups is 2. The van der Waals surface area contributed by atoms with E-state index in [1.165, 1.54) is 0 Å². The average Bonchev–Trinajstić information content (AvgIpc) is 2.75. The van der Waals surface area contributed by atoms with Gasteiger partial charge in [0.05, 0.1) is 0 Å². The molecule has 0 spiro atoms. The van der Waals surface area contributed by atoms with Crippen molar-refractivity contribution >= 4 is 11.8 Å². The highest BCUT2D eigenvalue weighted by Crippen LogP contribution is 2.20. The largest absolute Gasteiger partial charge is 0.483 e. The summed E-state index contributed by atoms with van der Waals surface area (Å²) in [6.07, 6.45) is 2.47. The van der Waals surface area contributed by atoms with Crippen LogP contribution in [0.3, 0.4) is 0 Å². The molecule has 5 nitrogen and oxygen atoms in total. The zero-order valence-corrected chi connectivity index (χ0v) is 18.6. The van der Waals surface area contributed by atoms with Crippen molar-refractivity contribution in [2.75, 3.05) is 13.2 Å². The maximum Gasteiger partial charge on any atom is 0.261 e. The highest BCUT2D eigenvalue weighted by Gasteiger charge is 2.28. The van der Waals surface area contributed by atoms with Gasteiger partial charge in [0.15, 0.2) is 6.61 Å². The second kappa shape index (κ2) is 12.0. The Kier molecular flexibility index (Phi) is 9.39. The smallest absolute Gasteiger partial charge is 0.261 e. The van der Waals surface area contributed by atoms with Gasteiger partial charge in [-0.2, -0.15) is 0 Å². The molecule has 0 fully saturated rings. The third kappa shape index (κ3) is 6.90. The number of nitrogens with one attached hydrogen (secondary N) is 1. The molecule has 30 heavy (non-hydrogen) atoms. The van der Waals surface area contributed by atoms with Gasteiger partial charge in [-0.05, 0) is 49.4 Å². The third-order valence-corrected chi connectivity index (χ3v) is 5.11. The van der Waals surface area contributed by atoms with E-state index >= 15 is 0 Å². The molecule has 0 heterocycles. The summed E-state index contributed by atoms with van der Waals surface area (Å²) < 4.78 is 5.85. The molecule has 2 aromatic rings. The fraction of sp³-hybridized carbons (Fsp3) is 0.440. The molecule has 0 aliphatic rings. The number of hydrogen-bond acceptors (Lipinski definition) is 3. The van der Waals surface area contributed by atoms with Gasteiger partial charge in [-0.1, -0.05) is 62.7 Å². The van der Waals surface area contributed by atoms with Crippen LogP contribution in [0.4, 0.5) is 0 Å². The van der Waals surface area contributed by atoms with Crippen LogP contribution in [0.25, 0.3) is 0 Å². The molecular weight excluding hydrogens is 376 g/mol. The number of amides is 2. The van der Waals surface area contributed by atoms with E-state index in [0.29, 0.717) is 25.3 Å². The van der Waals surface area contributed by atoms with E-state index in [0.717, 1.165) is 29.5 Å². The molecule has 0 aliphatic carbocycles. The van der Waals surface area contributed by atoms with Crippen LogP contribution in [0.2, 0.25) is 0 Å². The third-order valence-electron chi connectivity index (χ3n) is 5.11. The molecule has 1 N–H and O–H groups in total. The van der Waals surface area contributed by atoms with Gasteiger partial charge < -0.3 is 15.0 Å². The van der Waals surface area contributed by atoms with Crippen LogP contribution in [0, 0.1) is 13.8 Å². The molecule has 0 saturated heterocycles. The van der Waals surface area contributed by atoms with Crippen molar-refractivity contribution in [3.8, 4) is 5.75 Å². The molecule has 0 aliphatic heterocycles. The van der Waals surface area contributed by atoms with Crippen LogP contribution in [0.15, 0.2) is 48.5 Å². The number of carbonyl (C=O) groups excluding carboxylic acids is 2. The van der Waals surface area contributed by atoms with Gasteiger partial charge in [0.2, 0.25) is 5.91 Å². The van der Waals surface area contributed by atoms with E-state index in [4.69, 9.17) is 4.74 Å². The minimum atomic E-state index is -0.531. The van der Waals surface area contributed by atoms with Gasteiger partial charge in [-0.25, -0.2) is 0 Å². The number of unbranched alkanes of at least 4 members (excludes halogenated alkanes) is 1. The molecule has 1 atom stereocenters. The average molecular weight is 411 g/mol. The number of hydrogen-bond donors (Lipinski definition) is 1. The monoisotopic (exact) mass is 410 g/mol. The van der Waals surface area contributed by atoms with E-state index in [-0.39, 0.29) is 18.4 Å². The first-order valence-electron chi connectivity index (χ1n) is 10.8. The van der Waals surface area contributed by atoms with Crippen molar-refractivity contribution in [1.29, 1.82) is 0 Å². The quantitative estimate of drug-likeness (QED) is 0.559. The van der Waals surface area contributed by atoms with Crippen molar-refractivity contribution < 1.29 is 14.3 Å². The van der Waals surface area contributed by atoms with E-state index in [2.05, 4.69) is 12.2 Å². The van der Waals surface area contributed by atoms with Crippen LogP contribution in [0.5, 0.6) is 5.75 Å². The summed E-state index contributed by atoms with van der Waals surface area (Å²) in [4.78, 5) is 27.6. The van der Waals surface area contributed by atoms with Crippen LogP contribution in [-0.2, 0) is 16.1 Å². The summed E-state index contributed by atoms with van der Waals surface area (Å²) in [6.45, 7) is 8.85. The molecule has 2 amide bonds. The predicted octanol–water partition coefficient (Wildman–Crippen LogP) is 4.41. The van der Waals surface area contributed by atoms with E-state index in [9.17, 15) is 9.59 Å². The summed E-state index contributed by atoms with van der Waals surface area (Å²) in [5, 5.41) is 2.97. The SMILES string of the molecule is CCCCNC(=O)[C@H](CC)N(Cc1ccccc1)C(=O)COc1cc(C)ccc1C. The van der Waals surface area contributed by atoms with E-state index in [1.807, 2.05) is 69.3 Å². The second-order valence-electron chi connectivity index (χ2n) is 7.63. The Balaban J connectivity index is 2.17. The Labute approximate surface area is 180 Å². The lowest BCUT2D eigenvalue weighted by Crippen LogP contribution is -2.50. The number of rotatable bonds is 11. The summed E-state index contributed by atoms with van der Waals surface area (Å²) >= 11 is 0. The number of ether oxygens (including phenoxy) is 1. The number of aryl methyl sites for hydroxylation is 2. The highest BCUT2D eigenvalue weighted by atomic mass is 16.5. The van der Waals surface area contributed by atoms with Gasteiger partial charge in [0, 0.05) is 13.1 Å². The van der Waals surface area contributed by atoms with E-state index in [1.54, 1.807) is 4.90 Å². The molecule has 0 unspecified atom stereocenters. The van der Waals surface area contributed by atoms with Gasteiger partial charge in [-0.3, -0.25) is 9.59 Å². The maximum absolute atomic E-state index is 13.2. The highest BCUT2D eigenvalue weighted by molar-refractivity contribution is 5.88. The first kappa shape index (κ1) is 23.5. The van der Waals surface area contributed by atoms with Crippen LogP contribution in [-0.4, -0.2) is 35.9 Å². The van der Waals surface area contributed by atoms with Crippen molar-refractivity contribution in [2.24, 2.45) is 0 Å². The van der Waals surface area contributed by atoms with Gasteiger partial charge in [0.1, 0.15) is 11.8 Å². The Morgan fingerprint density at radius 3 is 2.47 bits per heavy atom. The zero-order chi connectivity index (χ0) is 21.9. The van der Waals surface area contributed by atoms with Crippen molar-refractivity contribution in [1.82, 2.24) is 10.2 Å². The Morgan fingerprint density at radius 2 is 1.80 bits per heavy atom. The normalized spacial score (nSPS) is 11.6. The van der Waals surface area contributed by atoms with Crippen molar-refractivity contribution in [3.63, 3.8) is 0 Å². The van der Waals surface area contributed by atoms with Crippen LogP contribution < -0.4 is 10.1 Å². The van der Waals surface area contributed by atoms with Gasteiger partial charge >= 0.3 is 0 Å². The van der Waals surface area contributed by atoms with Gasteiger partial charge in [-0.15, -0.1) is 0 Å². The topological polar surface area (TPSA) is 58.6 Å². The zero-order valence-electron chi connectivity index (χ0n) is 18.6. The molecule has 2 aromatic carbocycles. The lowest BCUT2D eigenvalue weighted by Gasteiger charge is -2.30. The number of nitrogens with zero attached hydrogens (tertiary/aromatic N) is 1. The van der Waals surface area contributed by atoms with Crippen LogP contribution in [0.1, 0.15) is 49.8 Å². The van der Waals surface area contributed by atoms with E-state index < -0.39 is 6.04 Å². The fourth-order valence-electron chi connectivity index (χ4n) is 3.29. The molecule has 0 radical (unpaired) electrons. The van der Waals surface area contributed by atoms with Gasteiger partial charge in [0.25, 0.3) is 5.91 Å². The van der Waals surface area contributed by atoms with Crippen molar-refractivity contribution in [3.05, 3.63) is 65.2 Å². The van der Waals surface area contributed by atoms with Crippen molar-refractivity contribution in [2.45, 2.75) is 59.5 Å². The minimum absolute atomic E-state index is 0.101. The summed E-state index contributed by atoms with van der Waals surface area (Å²) in [7, 11) is 0. The lowest BCUT2D eigenvalue weighted by molar-refractivity contribution is -0.143. The fourth-order valence-corrected chi connectivity index (χ4v) is 3.29. The Morgan fingerprint density at radius 1 is 1.07 bits per heavy atom. The maximum atomic E-state index is 13.2. The molecule has 5 heteroatoms.